The summed E-state index contributed by atoms with van der Waals surface area (Å²) in [6.45, 7) is 10.9. The molecule has 21 heteroatoms. The Morgan fingerprint density at radius 2 is 1.18 bits per heavy atom. The first-order chi connectivity index (χ1) is 27.7. The number of ether oxygens (including phenoxy) is 3. The van der Waals surface area contributed by atoms with Gasteiger partial charge in [-0.15, -0.1) is 0 Å². The Kier molecular flexibility index (Phi) is 12.7. The molecule has 5 rings (SSSR count). The van der Waals surface area contributed by atoms with Gasteiger partial charge in [0, 0.05) is 43.5 Å². The van der Waals surface area contributed by atoms with Crippen LogP contribution in [0.2, 0.25) is 0 Å². The molecule has 15 nitrogen and oxygen atoms in total. The summed E-state index contributed by atoms with van der Waals surface area (Å²) in [5.41, 5.74) is 5.81. The largest absolute Gasteiger partial charge is 0.484 e. The summed E-state index contributed by atoms with van der Waals surface area (Å²) in [6, 6.07) is 3.54. The van der Waals surface area contributed by atoms with Crippen molar-refractivity contribution in [1.29, 1.82) is 0 Å². The van der Waals surface area contributed by atoms with Crippen LogP contribution in [0.15, 0.2) is 36.7 Å². The fourth-order valence-corrected chi connectivity index (χ4v) is 6.48. The number of anilines is 4. The maximum absolute atomic E-state index is 13.9. The number of benzene rings is 2. The third-order valence-electron chi connectivity index (χ3n) is 9.20. The number of hydrogen-bond donors (Lipinski definition) is 4. The third kappa shape index (κ3) is 11.6. The molecule has 2 aliphatic rings. The van der Waals surface area contributed by atoms with Crippen molar-refractivity contribution in [2.45, 2.75) is 90.5 Å². The van der Waals surface area contributed by atoms with Crippen molar-refractivity contribution in [1.82, 2.24) is 19.8 Å². The van der Waals surface area contributed by atoms with Crippen molar-refractivity contribution in [3.63, 3.8) is 0 Å². The second-order valence-electron chi connectivity index (χ2n) is 16.5. The van der Waals surface area contributed by atoms with E-state index >= 15 is 0 Å². The standard InChI is InChI=1S/C39H46F6N8O7/c1-36(2,3)59-34(56)52-9-7-20(17-52)11-24-25(46)12-21(38(40,41)42)14-27(24)50-32(54)29-16-30(49-19-48-29)33(55)51-28-15-22(39(43,44)45)13-26(47)31(28)58-23-8-10-53(18-23)35(57)60-37(4,5)6/h12-16,19-20,23H,7-11,17-18,46-47H2,1-6H3,(H,50,54)(H,51,55)/t20-,23+/m0/s1. The van der Waals surface area contributed by atoms with Crippen LogP contribution < -0.4 is 26.8 Å². The zero-order valence-corrected chi connectivity index (χ0v) is 33.6. The van der Waals surface area contributed by atoms with Crippen molar-refractivity contribution >= 4 is 46.8 Å². The number of alkyl halides is 6. The number of nitrogens with two attached hydrogens (primary N) is 2. The fourth-order valence-electron chi connectivity index (χ4n) is 6.48. The van der Waals surface area contributed by atoms with Gasteiger partial charge in [0.2, 0.25) is 0 Å². The number of rotatable bonds is 8. The molecule has 60 heavy (non-hydrogen) atoms. The van der Waals surface area contributed by atoms with E-state index in [-0.39, 0.29) is 61.1 Å². The zero-order valence-electron chi connectivity index (χ0n) is 33.6. The number of nitrogens with zero attached hydrogens (tertiary/aromatic N) is 4. The first-order valence-electron chi connectivity index (χ1n) is 18.7. The quantitative estimate of drug-likeness (QED) is 0.130. The minimum absolute atomic E-state index is 0.00241. The van der Waals surface area contributed by atoms with Gasteiger partial charge < -0.3 is 46.1 Å². The van der Waals surface area contributed by atoms with Gasteiger partial charge in [-0.3, -0.25) is 9.59 Å². The molecule has 4 amide bonds. The number of carbonyl (C=O) groups is 4. The van der Waals surface area contributed by atoms with E-state index in [0.29, 0.717) is 31.2 Å². The summed E-state index contributed by atoms with van der Waals surface area (Å²) in [5, 5.41) is 4.69. The molecule has 2 saturated heterocycles. The van der Waals surface area contributed by atoms with Crippen LogP contribution in [0.4, 0.5) is 58.7 Å². The number of likely N-dealkylation sites (tertiary alicyclic amines) is 2. The molecule has 2 aliphatic heterocycles. The molecule has 326 valence electrons. The van der Waals surface area contributed by atoms with Crippen LogP contribution in [0.25, 0.3) is 0 Å². The SMILES string of the molecule is CC(C)(C)OC(=O)N1CC[C@@H](Cc2c(N)cc(C(F)(F)F)cc2NC(=O)c2cc(C(=O)Nc3cc(C(F)(F)F)cc(N)c3O[C@@H]3CCN(C(=O)OC(C)(C)C)C3)ncn2)C1. The molecule has 0 bridgehead atoms. The second-order valence-corrected chi connectivity index (χ2v) is 16.5. The van der Waals surface area contributed by atoms with Crippen molar-refractivity contribution in [3.05, 3.63) is 64.7 Å². The Balaban J connectivity index is 1.37. The molecule has 2 fully saturated rings. The first-order valence-corrected chi connectivity index (χ1v) is 18.7. The van der Waals surface area contributed by atoms with Gasteiger partial charge in [0.15, 0.2) is 5.75 Å². The van der Waals surface area contributed by atoms with Crippen LogP contribution in [-0.2, 0) is 28.2 Å². The summed E-state index contributed by atoms with van der Waals surface area (Å²) >= 11 is 0. The maximum atomic E-state index is 13.9. The predicted octanol–water partition coefficient (Wildman–Crippen LogP) is 7.37. The van der Waals surface area contributed by atoms with Gasteiger partial charge >= 0.3 is 24.5 Å². The Morgan fingerprint density at radius 3 is 1.72 bits per heavy atom. The lowest BCUT2D eigenvalue weighted by Crippen LogP contribution is -2.36. The maximum Gasteiger partial charge on any atom is 0.416 e. The van der Waals surface area contributed by atoms with Gasteiger partial charge in [-0.1, -0.05) is 0 Å². The molecule has 0 spiro atoms. The highest BCUT2D eigenvalue weighted by Crippen LogP contribution is 2.41. The van der Waals surface area contributed by atoms with Crippen LogP contribution >= 0.6 is 0 Å². The van der Waals surface area contributed by atoms with E-state index < -0.39 is 87.5 Å². The molecule has 0 unspecified atom stereocenters. The third-order valence-corrected chi connectivity index (χ3v) is 9.20. The average Bonchev–Trinajstić information content (AvgIpc) is 3.79. The zero-order chi connectivity index (χ0) is 44.5. The molecular formula is C39H46F6N8O7. The van der Waals surface area contributed by atoms with Gasteiger partial charge in [0.25, 0.3) is 11.8 Å². The van der Waals surface area contributed by atoms with Crippen LogP contribution in [-0.4, -0.2) is 87.3 Å². The van der Waals surface area contributed by atoms with Crippen LogP contribution in [0.5, 0.6) is 5.75 Å². The van der Waals surface area contributed by atoms with E-state index in [2.05, 4.69) is 20.6 Å². The summed E-state index contributed by atoms with van der Waals surface area (Å²) < 4.78 is 100. The summed E-state index contributed by atoms with van der Waals surface area (Å²) in [7, 11) is 0. The Hall–Kier alpha value is -6.02. The molecule has 0 aliphatic carbocycles. The topological polar surface area (TPSA) is 204 Å². The van der Waals surface area contributed by atoms with Gasteiger partial charge in [0.1, 0.15) is 35.0 Å². The summed E-state index contributed by atoms with van der Waals surface area (Å²) in [4.78, 5) is 62.8. The van der Waals surface area contributed by atoms with E-state index in [1.807, 2.05) is 0 Å². The highest BCUT2D eigenvalue weighted by Gasteiger charge is 2.37. The summed E-state index contributed by atoms with van der Waals surface area (Å²) in [6.07, 6.45) is -10.1. The highest BCUT2D eigenvalue weighted by atomic mass is 19.4. The van der Waals surface area contributed by atoms with Crippen molar-refractivity contribution in [2.24, 2.45) is 5.92 Å². The lowest BCUT2D eigenvalue weighted by atomic mass is 9.94. The molecule has 3 heterocycles. The highest BCUT2D eigenvalue weighted by molar-refractivity contribution is 6.08. The average molecular weight is 853 g/mol. The molecular weight excluding hydrogens is 806 g/mol. The Morgan fingerprint density at radius 1 is 0.700 bits per heavy atom. The van der Waals surface area contributed by atoms with Gasteiger partial charge in [-0.25, -0.2) is 19.6 Å². The minimum atomic E-state index is -4.89. The first kappa shape index (κ1) is 45.1. The molecule has 2 atom stereocenters. The second kappa shape index (κ2) is 16.9. The van der Waals surface area contributed by atoms with E-state index in [9.17, 15) is 45.5 Å². The van der Waals surface area contributed by atoms with Gasteiger partial charge in [-0.2, -0.15) is 26.3 Å². The number of nitrogens with one attached hydrogen (secondary N) is 2. The molecule has 2 aromatic carbocycles. The van der Waals surface area contributed by atoms with Crippen LogP contribution in [0.1, 0.15) is 92.1 Å². The van der Waals surface area contributed by atoms with Gasteiger partial charge in [-0.05, 0) is 90.1 Å². The molecule has 3 aromatic rings. The number of aromatic nitrogens is 2. The number of halogens is 6. The number of carbonyl (C=O) groups excluding carboxylic acids is 4. The van der Waals surface area contributed by atoms with E-state index in [1.54, 1.807) is 41.5 Å². The number of nitrogen functional groups attached to an aromatic ring is 2. The Bertz CT molecular complexity index is 1990. The van der Waals surface area contributed by atoms with E-state index in [0.717, 1.165) is 18.5 Å². The molecule has 1 aromatic heterocycles. The lowest BCUT2D eigenvalue weighted by molar-refractivity contribution is -0.138. The monoisotopic (exact) mass is 852 g/mol. The fraction of sp³-hybridized carbons (Fsp3) is 0.487. The predicted molar refractivity (Wildman–Crippen MR) is 206 cm³/mol. The number of amides is 4. The summed E-state index contributed by atoms with van der Waals surface area (Å²) in [5.74, 6) is -2.80. The van der Waals surface area contributed by atoms with Crippen LogP contribution in [0.3, 0.4) is 0 Å². The Labute approximate surface area is 341 Å². The van der Waals surface area contributed by atoms with Crippen molar-refractivity contribution in [2.75, 3.05) is 48.3 Å². The smallest absolute Gasteiger partial charge is 0.416 e. The van der Waals surface area contributed by atoms with E-state index in [4.69, 9.17) is 25.7 Å². The van der Waals surface area contributed by atoms with E-state index in [1.165, 1.54) is 9.80 Å². The molecule has 0 saturated carbocycles. The normalized spacial score (nSPS) is 17.3. The van der Waals surface area contributed by atoms with Crippen LogP contribution in [0, 0.1) is 5.92 Å². The molecule has 0 radical (unpaired) electrons. The van der Waals surface area contributed by atoms with Crippen molar-refractivity contribution < 1.29 is 59.7 Å². The lowest BCUT2D eigenvalue weighted by Gasteiger charge is -2.24. The minimum Gasteiger partial charge on any atom is -0.484 e. The van der Waals surface area contributed by atoms with Crippen molar-refractivity contribution in [3.8, 4) is 5.75 Å². The van der Waals surface area contributed by atoms with Gasteiger partial charge in [0.05, 0.1) is 29.0 Å². The number of hydrogen-bond acceptors (Lipinski definition) is 11. The molecule has 6 N–H and O–H groups in total.